The van der Waals surface area contributed by atoms with E-state index in [9.17, 15) is 9.59 Å². The number of pyridine rings is 1. The molecule has 5 nitrogen and oxygen atoms in total. The summed E-state index contributed by atoms with van der Waals surface area (Å²) in [5.74, 6) is -1.21. The number of hydrogen-bond donors (Lipinski definition) is 1. The number of carbonyl (C=O) groups is 2. The molecule has 2 rings (SSSR count). The molecular formula is C12H13BrN2O3. The molecule has 0 aromatic carbocycles. The molecule has 0 bridgehead atoms. The summed E-state index contributed by atoms with van der Waals surface area (Å²) >= 11 is 3.25. The van der Waals surface area contributed by atoms with E-state index in [1.54, 1.807) is 12.3 Å². The molecule has 1 aliphatic rings. The van der Waals surface area contributed by atoms with Crippen molar-refractivity contribution in [3.05, 3.63) is 28.5 Å². The third kappa shape index (κ3) is 2.69. The van der Waals surface area contributed by atoms with Crippen LogP contribution in [0.25, 0.3) is 0 Å². The number of halogens is 1. The highest BCUT2D eigenvalue weighted by atomic mass is 79.9. The number of nitrogens with zero attached hydrogens (tertiary/aromatic N) is 2. The fraction of sp³-hybridized carbons (Fsp3) is 0.417. The van der Waals surface area contributed by atoms with Crippen molar-refractivity contribution in [1.29, 1.82) is 0 Å². The number of amides is 1. The van der Waals surface area contributed by atoms with Crippen LogP contribution in [-0.2, 0) is 4.79 Å². The number of aliphatic carboxylic acids is 1. The summed E-state index contributed by atoms with van der Waals surface area (Å²) in [6.07, 6.45) is 5.25. The fourth-order valence-electron chi connectivity index (χ4n) is 2.13. The van der Waals surface area contributed by atoms with E-state index < -0.39 is 12.0 Å². The molecule has 18 heavy (non-hydrogen) atoms. The number of carboxylic acids is 1. The average molecular weight is 313 g/mol. The summed E-state index contributed by atoms with van der Waals surface area (Å²) < 4.78 is 0.706. The van der Waals surface area contributed by atoms with E-state index in [0.717, 1.165) is 12.8 Å². The van der Waals surface area contributed by atoms with E-state index >= 15 is 0 Å². The number of aromatic nitrogens is 1. The monoisotopic (exact) mass is 312 g/mol. The van der Waals surface area contributed by atoms with E-state index in [4.69, 9.17) is 5.11 Å². The molecule has 1 unspecified atom stereocenters. The second-order valence-electron chi connectivity index (χ2n) is 4.24. The van der Waals surface area contributed by atoms with Crippen LogP contribution in [0, 0.1) is 0 Å². The normalized spacial score (nSPS) is 19.6. The quantitative estimate of drug-likeness (QED) is 0.905. The molecule has 1 aromatic heterocycles. The largest absolute Gasteiger partial charge is 0.480 e. The molecular weight excluding hydrogens is 300 g/mol. The topological polar surface area (TPSA) is 70.5 Å². The smallest absolute Gasteiger partial charge is 0.326 e. The standard InChI is InChI=1S/C12H13BrN2O3/c13-9-5-8(6-14-7-9)11(16)15-4-2-1-3-10(15)12(17)18/h5-7,10H,1-4H2,(H,17,18). The average Bonchev–Trinajstić information content (AvgIpc) is 2.38. The predicted octanol–water partition coefficient (Wildman–Crippen LogP) is 1.92. The van der Waals surface area contributed by atoms with Gasteiger partial charge in [-0.2, -0.15) is 0 Å². The third-order valence-corrected chi connectivity index (χ3v) is 3.43. The number of carbonyl (C=O) groups excluding carboxylic acids is 1. The molecule has 0 radical (unpaired) electrons. The molecule has 0 saturated carbocycles. The molecule has 1 fully saturated rings. The number of carboxylic acid groups (broad SMARTS) is 1. The Labute approximate surface area is 113 Å². The van der Waals surface area contributed by atoms with Crippen LogP contribution in [0.15, 0.2) is 22.9 Å². The van der Waals surface area contributed by atoms with Gasteiger partial charge in [0.2, 0.25) is 0 Å². The molecule has 2 heterocycles. The van der Waals surface area contributed by atoms with Crippen LogP contribution in [0.1, 0.15) is 29.6 Å². The second kappa shape index (κ2) is 5.48. The molecule has 1 aliphatic heterocycles. The Morgan fingerprint density at radius 2 is 2.17 bits per heavy atom. The molecule has 1 aromatic rings. The minimum Gasteiger partial charge on any atom is -0.480 e. The lowest BCUT2D eigenvalue weighted by atomic mass is 10.0. The minimum absolute atomic E-state index is 0.268. The first-order valence-corrected chi connectivity index (χ1v) is 6.53. The summed E-state index contributed by atoms with van der Waals surface area (Å²) in [7, 11) is 0. The zero-order valence-electron chi connectivity index (χ0n) is 9.67. The maximum Gasteiger partial charge on any atom is 0.326 e. The Bertz CT molecular complexity index is 478. The van der Waals surface area contributed by atoms with Gasteiger partial charge in [0.1, 0.15) is 6.04 Å². The summed E-state index contributed by atoms with van der Waals surface area (Å²) in [6.45, 7) is 0.488. The van der Waals surface area contributed by atoms with Gasteiger partial charge in [0.15, 0.2) is 0 Å². The van der Waals surface area contributed by atoms with Crippen LogP contribution in [0.2, 0.25) is 0 Å². The van der Waals surface area contributed by atoms with Crippen molar-refractivity contribution in [2.45, 2.75) is 25.3 Å². The van der Waals surface area contributed by atoms with Crippen molar-refractivity contribution in [2.24, 2.45) is 0 Å². The van der Waals surface area contributed by atoms with Crippen molar-refractivity contribution in [2.75, 3.05) is 6.54 Å². The Balaban J connectivity index is 2.23. The van der Waals surface area contributed by atoms with Gasteiger partial charge in [0.25, 0.3) is 5.91 Å². The van der Waals surface area contributed by atoms with Crippen molar-refractivity contribution in [1.82, 2.24) is 9.88 Å². The first-order chi connectivity index (χ1) is 8.59. The lowest BCUT2D eigenvalue weighted by Gasteiger charge is -2.32. The number of piperidine rings is 1. The van der Waals surface area contributed by atoms with Gasteiger partial charge in [-0.3, -0.25) is 9.78 Å². The highest BCUT2D eigenvalue weighted by molar-refractivity contribution is 9.10. The van der Waals surface area contributed by atoms with Gasteiger partial charge in [-0.05, 0) is 41.3 Å². The number of rotatable bonds is 2. The number of likely N-dealkylation sites (tertiary alicyclic amines) is 1. The van der Waals surface area contributed by atoms with E-state index in [-0.39, 0.29) is 5.91 Å². The van der Waals surface area contributed by atoms with Crippen LogP contribution in [0.4, 0.5) is 0 Å². The van der Waals surface area contributed by atoms with Gasteiger partial charge in [0, 0.05) is 23.4 Å². The maximum atomic E-state index is 12.3. The molecule has 1 atom stereocenters. The maximum absolute atomic E-state index is 12.3. The molecule has 0 spiro atoms. The van der Waals surface area contributed by atoms with Crippen LogP contribution < -0.4 is 0 Å². The Hall–Kier alpha value is -1.43. The lowest BCUT2D eigenvalue weighted by Crippen LogP contribution is -2.48. The zero-order valence-corrected chi connectivity index (χ0v) is 11.3. The molecule has 6 heteroatoms. The van der Waals surface area contributed by atoms with Crippen LogP contribution in [0.5, 0.6) is 0 Å². The minimum atomic E-state index is -0.939. The van der Waals surface area contributed by atoms with Crippen molar-refractivity contribution in [3.8, 4) is 0 Å². The Kier molecular flexibility index (Phi) is 3.96. The van der Waals surface area contributed by atoms with E-state index in [1.807, 2.05) is 0 Å². The van der Waals surface area contributed by atoms with E-state index in [1.165, 1.54) is 11.1 Å². The lowest BCUT2D eigenvalue weighted by molar-refractivity contribution is -0.143. The van der Waals surface area contributed by atoms with Gasteiger partial charge >= 0.3 is 5.97 Å². The molecule has 96 valence electrons. The molecule has 1 N–H and O–H groups in total. The van der Waals surface area contributed by atoms with Crippen LogP contribution in [0.3, 0.4) is 0 Å². The van der Waals surface area contributed by atoms with Crippen molar-refractivity contribution < 1.29 is 14.7 Å². The second-order valence-corrected chi connectivity index (χ2v) is 5.16. The predicted molar refractivity (Wildman–Crippen MR) is 68.2 cm³/mol. The summed E-state index contributed by atoms with van der Waals surface area (Å²) in [5.41, 5.74) is 0.414. The van der Waals surface area contributed by atoms with Gasteiger partial charge in [-0.15, -0.1) is 0 Å². The van der Waals surface area contributed by atoms with Crippen LogP contribution in [-0.4, -0.2) is 39.5 Å². The van der Waals surface area contributed by atoms with Gasteiger partial charge in [-0.1, -0.05) is 0 Å². The van der Waals surface area contributed by atoms with Gasteiger partial charge in [-0.25, -0.2) is 4.79 Å². The van der Waals surface area contributed by atoms with Gasteiger partial charge < -0.3 is 10.0 Å². The molecule has 1 saturated heterocycles. The zero-order chi connectivity index (χ0) is 13.1. The third-order valence-electron chi connectivity index (χ3n) is 3.00. The highest BCUT2D eigenvalue weighted by Crippen LogP contribution is 2.20. The van der Waals surface area contributed by atoms with E-state index in [2.05, 4.69) is 20.9 Å². The highest BCUT2D eigenvalue weighted by Gasteiger charge is 2.32. The summed E-state index contributed by atoms with van der Waals surface area (Å²) in [6, 6.07) is 0.938. The molecule has 0 aliphatic carbocycles. The number of hydrogen-bond acceptors (Lipinski definition) is 3. The van der Waals surface area contributed by atoms with Gasteiger partial charge in [0.05, 0.1) is 5.56 Å². The van der Waals surface area contributed by atoms with Crippen molar-refractivity contribution in [3.63, 3.8) is 0 Å². The SMILES string of the molecule is O=C(O)C1CCCCN1C(=O)c1cncc(Br)c1. The fourth-order valence-corrected chi connectivity index (χ4v) is 2.49. The van der Waals surface area contributed by atoms with Crippen molar-refractivity contribution >= 4 is 27.8 Å². The first kappa shape index (κ1) is 13.0. The summed E-state index contributed by atoms with van der Waals surface area (Å²) in [4.78, 5) is 28.8. The molecule has 1 amide bonds. The van der Waals surface area contributed by atoms with E-state index in [0.29, 0.717) is 23.0 Å². The van der Waals surface area contributed by atoms with Crippen LogP contribution >= 0.6 is 15.9 Å². The Morgan fingerprint density at radius 1 is 1.39 bits per heavy atom. The summed E-state index contributed by atoms with van der Waals surface area (Å²) in [5, 5.41) is 9.14. The first-order valence-electron chi connectivity index (χ1n) is 5.74. The Morgan fingerprint density at radius 3 is 2.83 bits per heavy atom.